The number of rotatable bonds is 6. The third-order valence-corrected chi connectivity index (χ3v) is 6.40. The van der Waals surface area contributed by atoms with Crippen LogP contribution in [-0.4, -0.2) is 28.7 Å². The van der Waals surface area contributed by atoms with E-state index < -0.39 is 30.2 Å². The lowest BCUT2D eigenvalue weighted by Gasteiger charge is -2.13. The van der Waals surface area contributed by atoms with Gasteiger partial charge in [0, 0.05) is 39.8 Å². The summed E-state index contributed by atoms with van der Waals surface area (Å²) in [6.07, 6.45) is -6.85. The average Bonchev–Trinajstić information content (AvgIpc) is 3.39. The summed E-state index contributed by atoms with van der Waals surface area (Å²) in [5, 5.41) is 2.97. The maximum atomic E-state index is 13.5. The molecule has 1 saturated heterocycles. The van der Waals surface area contributed by atoms with Gasteiger partial charge in [0.15, 0.2) is 5.78 Å². The van der Waals surface area contributed by atoms with Gasteiger partial charge in [0.2, 0.25) is 6.10 Å². The van der Waals surface area contributed by atoms with Crippen LogP contribution < -0.4 is 10.1 Å². The summed E-state index contributed by atoms with van der Waals surface area (Å²) >= 11 is 5.96. The number of halogens is 4. The summed E-state index contributed by atoms with van der Waals surface area (Å²) < 4.78 is 49.7. The minimum atomic E-state index is -4.89. The number of ketones is 1. The number of nitrogens with zero attached hydrogens (tertiary/aromatic N) is 1. The lowest BCUT2D eigenvalue weighted by molar-refractivity contribution is -0.274. The fourth-order valence-electron chi connectivity index (χ4n) is 4.50. The minimum Gasteiger partial charge on any atom is -0.431 e. The Balaban J connectivity index is 0.00000181. The smallest absolute Gasteiger partial charge is 0.431 e. The summed E-state index contributed by atoms with van der Waals surface area (Å²) in [5.74, 6) is -1.35. The van der Waals surface area contributed by atoms with Crippen LogP contribution in [0.5, 0.6) is 5.75 Å². The topological polar surface area (TPSA) is 86.6 Å². The number of carbonyl (C=O) groups excluding carboxylic acids is 3. The first-order valence-electron chi connectivity index (χ1n) is 12.3. The zero-order valence-electron chi connectivity index (χ0n) is 21.6. The van der Waals surface area contributed by atoms with E-state index in [1.165, 1.54) is 12.1 Å². The van der Waals surface area contributed by atoms with Gasteiger partial charge >= 0.3 is 12.5 Å². The van der Waals surface area contributed by atoms with E-state index in [0.717, 1.165) is 6.07 Å². The molecule has 3 aromatic carbocycles. The number of imide groups is 1. The number of ether oxygens (including phenoxy) is 2. The first-order chi connectivity index (χ1) is 19.0. The standard InChI is InChI=1S/C27H18ClF3N2O5.C2H6/c1-14-22(23(34)16-5-7-18(28)8-6-16)20-10-9-19(38-27(29,30)31)12-21(20)33(14)13-15-3-2-4-17(11-15)24-25(35)32-26(36)37-24;1-2/h2-12,24H,13H2,1H3,(H,32,35,36);1-2H3. The Morgan fingerprint density at radius 2 is 1.75 bits per heavy atom. The second-order valence-electron chi connectivity index (χ2n) is 8.63. The van der Waals surface area contributed by atoms with E-state index in [4.69, 9.17) is 16.3 Å². The highest BCUT2D eigenvalue weighted by molar-refractivity contribution is 6.30. The molecule has 0 saturated carbocycles. The van der Waals surface area contributed by atoms with Crippen molar-refractivity contribution in [1.82, 2.24) is 9.88 Å². The molecule has 0 spiro atoms. The number of benzene rings is 3. The van der Waals surface area contributed by atoms with E-state index in [2.05, 4.69) is 10.1 Å². The van der Waals surface area contributed by atoms with Crippen molar-refractivity contribution in [2.24, 2.45) is 0 Å². The molecule has 40 heavy (non-hydrogen) atoms. The van der Waals surface area contributed by atoms with Crippen LogP contribution in [0.15, 0.2) is 66.7 Å². The van der Waals surface area contributed by atoms with E-state index >= 15 is 0 Å². The van der Waals surface area contributed by atoms with E-state index in [0.29, 0.717) is 43.9 Å². The molecule has 7 nitrogen and oxygen atoms in total. The summed E-state index contributed by atoms with van der Waals surface area (Å²) in [6.45, 7) is 5.84. The lowest BCUT2D eigenvalue weighted by atomic mass is 10.0. The number of amides is 2. The summed E-state index contributed by atoms with van der Waals surface area (Å²) in [4.78, 5) is 37.0. The van der Waals surface area contributed by atoms with Gasteiger partial charge in [-0.05, 0) is 55.0 Å². The second-order valence-corrected chi connectivity index (χ2v) is 9.07. The monoisotopic (exact) mass is 572 g/mol. The SMILES string of the molecule is CC.Cc1c(C(=O)c2ccc(Cl)cc2)c2ccc(OC(F)(F)F)cc2n1Cc1cccc(C2OC(=O)NC2=O)c1. The van der Waals surface area contributed by atoms with E-state index in [1.807, 2.05) is 13.8 Å². The predicted octanol–water partition coefficient (Wildman–Crippen LogP) is 7.11. The first-order valence-corrected chi connectivity index (χ1v) is 12.7. The molecule has 1 fully saturated rings. The van der Waals surface area contributed by atoms with Crippen LogP contribution in [0.1, 0.15) is 52.7 Å². The normalized spacial score (nSPS) is 14.8. The molecular weight excluding hydrogens is 549 g/mol. The highest BCUT2D eigenvalue weighted by atomic mass is 35.5. The van der Waals surface area contributed by atoms with Crippen molar-refractivity contribution in [1.29, 1.82) is 0 Å². The number of fused-ring (bicyclic) bond motifs is 1. The maximum absolute atomic E-state index is 13.5. The molecule has 2 heterocycles. The molecule has 1 aliphatic heterocycles. The summed E-state index contributed by atoms with van der Waals surface area (Å²) in [5.41, 5.74) is 2.63. The van der Waals surface area contributed by atoms with Crippen molar-refractivity contribution in [3.05, 3.63) is 99.7 Å². The number of hydrogen-bond acceptors (Lipinski definition) is 5. The van der Waals surface area contributed by atoms with Crippen molar-refractivity contribution >= 4 is 40.3 Å². The van der Waals surface area contributed by atoms with Crippen LogP contribution in [0.2, 0.25) is 5.02 Å². The Kier molecular flexibility index (Phi) is 8.20. The quantitative estimate of drug-likeness (QED) is 0.249. The highest BCUT2D eigenvalue weighted by Gasteiger charge is 2.34. The number of alkyl halides is 3. The lowest BCUT2D eigenvalue weighted by Crippen LogP contribution is -2.20. The molecule has 0 aliphatic carbocycles. The van der Waals surface area contributed by atoms with E-state index in [9.17, 15) is 27.6 Å². The number of alkyl carbamates (subject to hydrolysis) is 1. The molecular formula is C29H24ClF3N2O5. The molecule has 1 aliphatic rings. The number of hydrogen-bond donors (Lipinski definition) is 1. The molecule has 1 aromatic heterocycles. The molecule has 1 atom stereocenters. The Hall–Kier alpha value is -4.31. The molecule has 1 N–H and O–H groups in total. The second kappa shape index (κ2) is 11.4. The first kappa shape index (κ1) is 28.7. The molecule has 5 rings (SSSR count). The third-order valence-electron chi connectivity index (χ3n) is 6.15. The minimum absolute atomic E-state index is 0.141. The summed E-state index contributed by atoms with van der Waals surface area (Å²) in [6, 6.07) is 16.8. The zero-order chi connectivity index (χ0) is 29.2. The van der Waals surface area contributed by atoms with Gasteiger partial charge in [0.25, 0.3) is 5.91 Å². The van der Waals surface area contributed by atoms with Gasteiger partial charge in [0.05, 0.1) is 11.1 Å². The number of nitrogens with one attached hydrogen (secondary N) is 1. The molecule has 11 heteroatoms. The number of cyclic esters (lactones) is 1. The predicted molar refractivity (Wildman–Crippen MR) is 142 cm³/mol. The van der Waals surface area contributed by atoms with Crippen molar-refractivity contribution in [2.75, 3.05) is 0 Å². The largest absolute Gasteiger partial charge is 0.573 e. The van der Waals surface area contributed by atoms with Gasteiger partial charge in [-0.2, -0.15) is 0 Å². The number of aromatic nitrogens is 1. The Bertz CT molecular complexity index is 1600. The van der Waals surface area contributed by atoms with Crippen LogP contribution >= 0.6 is 11.6 Å². The van der Waals surface area contributed by atoms with E-state index in [1.54, 1.807) is 60.0 Å². The van der Waals surface area contributed by atoms with Gasteiger partial charge in [-0.15, -0.1) is 13.2 Å². The zero-order valence-corrected chi connectivity index (χ0v) is 22.4. The van der Waals surface area contributed by atoms with Crippen molar-refractivity contribution in [3.8, 4) is 5.75 Å². The third kappa shape index (κ3) is 5.96. The van der Waals surface area contributed by atoms with Gasteiger partial charge in [-0.25, -0.2) is 4.79 Å². The van der Waals surface area contributed by atoms with Gasteiger partial charge in [-0.3, -0.25) is 14.9 Å². The fourth-order valence-corrected chi connectivity index (χ4v) is 4.63. The molecule has 0 radical (unpaired) electrons. The molecule has 2 amide bonds. The maximum Gasteiger partial charge on any atom is 0.573 e. The molecule has 1 unspecified atom stereocenters. The van der Waals surface area contributed by atoms with Crippen molar-refractivity contribution < 1.29 is 37.0 Å². The molecule has 0 bridgehead atoms. The molecule has 4 aromatic rings. The molecule has 208 valence electrons. The van der Waals surface area contributed by atoms with Gasteiger partial charge in [-0.1, -0.05) is 43.6 Å². The van der Waals surface area contributed by atoms with Crippen LogP contribution in [0.25, 0.3) is 10.9 Å². The van der Waals surface area contributed by atoms with Crippen LogP contribution in [0.4, 0.5) is 18.0 Å². The van der Waals surface area contributed by atoms with E-state index in [-0.39, 0.29) is 12.3 Å². The Morgan fingerprint density at radius 1 is 1.05 bits per heavy atom. The van der Waals surface area contributed by atoms with Gasteiger partial charge < -0.3 is 14.0 Å². The van der Waals surface area contributed by atoms with Crippen LogP contribution in [-0.2, 0) is 16.1 Å². The van der Waals surface area contributed by atoms with Crippen LogP contribution in [0, 0.1) is 6.92 Å². The Morgan fingerprint density at radius 3 is 2.38 bits per heavy atom. The summed E-state index contributed by atoms with van der Waals surface area (Å²) in [7, 11) is 0. The van der Waals surface area contributed by atoms with Crippen molar-refractivity contribution in [3.63, 3.8) is 0 Å². The van der Waals surface area contributed by atoms with Crippen molar-refractivity contribution in [2.45, 2.75) is 39.8 Å². The fraction of sp³-hybridized carbons (Fsp3) is 0.207. The average molecular weight is 573 g/mol. The van der Waals surface area contributed by atoms with Gasteiger partial charge in [0.1, 0.15) is 5.75 Å². The number of carbonyl (C=O) groups is 3. The highest BCUT2D eigenvalue weighted by Crippen LogP contribution is 2.34. The Labute approximate surface area is 232 Å². The van der Waals surface area contributed by atoms with Crippen LogP contribution in [0.3, 0.4) is 0 Å².